The monoisotopic (exact) mass is 1110 g/mol. The van der Waals surface area contributed by atoms with Gasteiger partial charge in [0.15, 0.2) is 0 Å². The summed E-state index contributed by atoms with van der Waals surface area (Å²) < 4.78 is 36.0. The van der Waals surface area contributed by atoms with E-state index in [1.807, 2.05) is 57.3 Å². The van der Waals surface area contributed by atoms with E-state index in [1.54, 1.807) is 6.07 Å². The van der Waals surface area contributed by atoms with E-state index in [1.165, 1.54) is 27.8 Å². The Hall–Kier alpha value is -9.38. The van der Waals surface area contributed by atoms with Crippen molar-refractivity contribution in [3.63, 3.8) is 0 Å². The summed E-state index contributed by atoms with van der Waals surface area (Å²) in [6.07, 6.45) is 0.0684. The summed E-state index contributed by atoms with van der Waals surface area (Å²) in [5.74, 6) is 1.83. The average molecular weight is 1110 g/mol. The van der Waals surface area contributed by atoms with E-state index >= 15 is 0 Å². The molecule has 0 unspecified atom stereocenters. The lowest BCUT2D eigenvalue weighted by Gasteiger charge is -2.30. The van der Waals surface area contributed by atoms with Crippen LogP contribution < -0.4 is 14.5 Å². The minimum atomic E-state index is -1.81. The fourth-order valence-corrected chi connectivity index (χ4v) is 12.2. The van der Waals surface area contributed by atoms with Crippen LogP contribution in [0, 0.1) is 16.7 Å². The molecule has 0 atom stereocenters. The topological polar surface area (TPSA) is 70.5 Å². The Kier molecular flexibility index (Phi) is 12.6. The van der Waals surface area contributed by atoms with Crippen LogP contribution in [0.4, 0.5) is 22.7 Å². The zero-order valence-corrected chi connectivity index (χ0v) is 50.8. The zero-order chi connectivity index (χ0) is 61.1. The van der Waals surface area contributed by atoms with E-state index in [9.17, 15) is 8.00 Å². The van der Waals surface area contributed by atoms with E-state index in [0.29, 0.717) is 46.3 Å². The number of ether oxygens (including phenoxy) is 1. The molecule has 0 amide bonds. The van der Waals surface area contributed by atoms with Crippen LogP contribution >= 0.6 is 0 Å². The van der Waals surface area contributed by atoms with Crippen molar-refractivity contribution < 1.29 is 11.9 Å². The highest BCUT2D eigenvalue weighted by molar-refractivity contribution is 6.24. The van der Waals surface area contributed by atoms with Crippen LogP contribution in [0.3, 0.4) is 0 Å². The van der Waals surface area contributed by atoms with Gasteiger partial charge in [0.2, 0.25) is 0 Å². The predicted octanol–water partition coefficient (Wildman–Crippen LogP) is 21.5. The predicted molar refractivity (Wildman–Crippen MR) is 355 cm³/mol. The number of hydrogen-bond acceptors (Lipinski definition) is 6. The van der Waals surface area contributed by atoms with E-state index < -0.39 is 11.8 Å². The van der Waals surface area contributed by atoms with E-state index in [4.69, 9.17) is 14.1 Å². The van der Waals surface area contributed by atoms with Gasteiger partial charge in [-0.25, -0.2) is 4.98 Å². The first-order valence-corrected chi connectivity index (χ1v) is 29.6. The SMILES string of the molecule is [2H]C([2H])(c1cc(-n2c3cc(Oc4cccc(N5CN(c6c(-c7ccccc7)cc(C(C)(C)C)cc6-c6ccccc6)c6ccccc65)c4)ccc3c3c4oc5cc(C#N)ccc5c4ccc32)ncc1-c1cc(C(C)(C)C)cc(C(C)(C)C)c1)C(C)(C)C. The van der Waals surface area contributed by atoms with Crippen molar-refractivity contribution >= 4 is 66.5 Å². The molecule has 0 spiro atoms. The van der Waals surface area contributed by atoms with Gasteiger partial charge in [0, 0.05) is 59.6 Å². The molecule has 0 saturated heterocycles. The summed E-state index contributed by atoms with van der Waals surface area (Å²) in [6.45, 7) is 26.7. The van der Waals surface area contributed by atoms with Crippen molar-refractivity contribution in [1.29, 1.82) is 5.26 Å². The van der Waals surface area contributed by atoms with Crippen molar-refractivity contribution in [1.82, 2.24) is 9.55 Å². The summed E-state index contributed by atoms with van der Waals surface area (Å²) in [5.41, 5.74) is 17.1. The molecule has 12 aromatic rings. The first-order chi connectivity index (χ1) is 41.3. The van der Waals surface area contributed by atoms with Crippen LogP contribution in [0.25, 0.3) is 82.9 Å². The average Bonchev–Trinajstić information content (AvgIpc) is 1.62. The number of fused-ring (bicyclic) bond motifs is 8. The second kappa shape index (κ2) is 20.5. The molecular weight excluding hydrogens is 1040 g/mol. The normalized spacial score (nSPS) is 13.6. The van der Waals surface area contributed by atoms with Gasteiger partial charge in [-0.3, -0.25) is 4.57 Å². The Morgan fingerprint density at radius 3 is 1.74 bits per heavy atom. The summed E-state index contributed by atoms with van der Waals surface area (Å²) in [4.78, 5) is 10.2. The number of anilines is 4. The maximum absolute atomic E-state index is 10.0. The maximum Gasteiger partial charge on any atom is 0.145 e. The summed E-state index contributed by atoms with van der Waals surface area (Å²) in [5, 5.41) is 13.5. The van der Waals surface area contributed by atoms with Gasteiger partial charge in [0.25, 0.3) is 0 Å². The Labute approximate surface area is 503 Å². The molecule has 7 heteroatoms. The van der Waals surface area contributed by atoms with Crippen LogP contribution in [0.15, 0.2) is 205 Å². The lowest BCUT2D eigenvalue weighted by molar-refractivity contribution is 0.411. The minimum Gasteiger partial charge on any atom is -0.457 e. The second-order valence-corrected chi connectivity index (χ2v) is 27.0. The van der Waals surface area contributed by atoms with Crippen LogP contribution in [-0.4, -0.2) is 16.2 Å². The summed E-state index contributed by atoms with van der Waals surface area (Å²) >= 11 is 0. The Bertz CT molecular complexity index is 4640. The van der Waals surface area contributed by atoms with Crippen molar-refractivity contribution in [2.75, 3.05) is 16.5 Å². The van der Waals surface area contributed by atoms with E-state index in [2.05, 4.69) is 240 Å². The third-order valence-corrected chi connectivity index (χ3v) is 16.6. The molecule has 0 aliphatic carbocycles. The number of rotatable bonds is 9. The molecule has 1 aliphatic rings. The zero-order valence-electron chi connectivity index (χ0n) is 52.8. The number of pyridine rings is 1. The molecule has 0 N–H and O–H groups in total. The van der Waals surface area contributed by atoms with Gasteiger partial charge >= 0.3 is 0 Å². The largest absolute Gasteiger partial charge is 0.457 e. The summed E-state index contributed by atoms with van der Waals surface area (Å²) in [6, 6.07) is 70.2. The Balaban J connectivity index is 0.955. The molecule has 0 radical (unpaired) electrons. The molecular formula is C78H73N5O2. The standard InChI is InChI=1S/C78H73N5O2/c1-75(2,3)45-53-39-71(80-47-65(53)52-37-54(76(4,5)6)40-55(38-52)77(7,8)9)83-68-35-34-61-60-32-30-49(46-79)36-70(60)85-74(61)72(68)62-33-31-59(44-69(62)83)84-58-27-21-26-57(43-58)81-48-82(67-29-20-19-28-66(67)81)73-63(50-22-15-13-16-23-50)41-56(78(10,11)12)42-64(73)51-24-17-14-18-25-51/h13-44,47H,45,48H2,1-12H3/i45D2. The maximum atomic E-state index is 10.0. The van der Waals surface area contributed by atoms with Gasteiger partial charge in [0.1, 0.15) is 35.2 Å². The smallest absolute Gasteiger partial charge is 0.145 e. The first-order valence-electron chi connectivity index (χ1n) is 30.6. The molecule has 0 bridgehead atoms. The third-order valence-electron chi connectivity index (χ3n) is 16.6. The number of para-hydroxylation sites is 2. The van der Waals surface area contributed by atoms with Crippen LogP contribution in [0.2, 0.25) is 0 Å². The summed E-state index contributed by atoms with van der Waals surface area (Å²) in [7, 11) is 0. The molecule has 85 heavy (non-hydrogen) atoms. The van der Waals surface area contributed by atoms with Crippen molar-refractivity contribution in [3.8, 4) is 56.8 Å². The molecule has 1 aliphatic heterocycles. The van der Waals surface area contributed by atoms with Crippen molar-refractivity contribution in [2.24, 2.45) is 5.41 Å². The van der Waals surface area contributed by atoms with Gasteiger partial charge in [-0.05, 0) is 152 Å². The number of hydrogen-bond donors (Lipinski definition) is 0. The fraction of sp³-hybridized carbons (Fsp3) is 0.231. The molecule has 0 saturated carbocycles. The van der Waals surface area contributed by atoms with E-state index in [0.717, 1.165) is 77.6 Å². The highest BCUT2D eigenvalue weighted by Gasteiger charge is 2.33. The van der Waals surface area contributed by atoms with Crippen LogP contribution in [-0.2, 0) is 22.6 Å². The van der Waals surface area contributed by atoms with Gasteiger partial charge in [-0.1, -0.05) is 180 Å². The van der Waals surface area contributed by atoms with Crippen LogP contribution in [0.1, 0.15) is 114 Å². The van der Waals surface area contributed by atoms with Gasteiger partial charge < -0.3 is 19.0 Å². The molecule has 0 fully saturated rings. The lowest BCUT2D eigenvalue weighted by Crippen LogP contribution is -2.25. The number of nitriles is 1. The molecule has 13 rings (SSSR count). The van der Waals surface area contributed by atoms with Gasteiger partial charge in [-0.15, -0.1) is 0 Å². The van der Waals surface area contributed by atoms with Crippen LogP contribution in [0.5, 0.6) is 11.5 Å². The lowest BCUT2D eigenvalue weighted by atomic mass is 9.78. The third kappa shape index (κ3) is 10.2. The minimum absolute atomic E-state index is 0.0980. The van der Waals surface area contributed by atoms with Gasteiger partial charge in [-0.2, -0.15) is 5.26 Å². The molecule has 4 heterocycles. The molecule has 9 aromatic carbocycles. The number of benzene rings is 9. The second-order valence-electron chi connectivity index (χ2n) is 27.0. The van der Waals surface area contributed by atoms with Crippen molar-refractivity contribution in [2.45, 2.75) is 106 Å². The fourth-order valence-electron chi connectivity index (χ4n) is 12.2. The highest BCUT2D eigenvalue weighted by atomic mass is 16.5. The molecule has 3 aromatic heterocycles. The Morgan fingerprint density at radius 2 is 1.12 bits per heavy atom. The van der Waals surface area contributed by atoms with E-state index in [-0.39, 0.29) is 16.2 Å². The number of nitrogens with zero attached hydrogens (tertiary/aromatic N) is 5. The molecule has 7 nitrogen and oxygen atoms in total. The first kappa shape index (κ1) is 52.4. The van der Waals surface area contributed by atoms with Gasteiger partial charge in [0.05, 0.1) is 45.1 Å². The molecule has 422 valence electrons. The number of aromatic nitrogens is 2. The quantitative estimate of drug-likeness (QED) is 0.143. The Morgan fingerprint density at radius 1 is 0.529 bits per heavy atom. The number of furan rings is 1. The highest BCUT2D eigenvalue weighted by Crippen LogP contribution is 2.52. The van der Waals surface area contributed by atoms with Crippen molar-refractivity contribution in [3.05, 3.63) is 228 Å².